The van der Waals surface area contributed by atoms with Gasteiger partial charge in [0.2, 0.25) is 5.91 Å². The minimum absolute atomic E-state index is 0.0356. The Hall–Kier alpha value is -2.13. The molecule has 2 fully saturated rings. The molecule has 3 rings (SSSR count). The second-order valence-corrected chi connectivity index (χ2v) is 8.06. The first-order valence-electron chi connectivity index (χ1n) is 9.92. The summed E-state index contributed by atoms with van der Waals surface area (Å²) in [6.45, 7) is 5.31. The quantitative estimate of drug-likeness (QED) is 0.797. The Labute approximate surface area is 168 Å². The summed E-state index contributed by atoms with van der Waals surface area (Å²) >= 11 is 0. The standard InChI is InChI=1S/C20H27F3N4O2/c1-13(2)11-14-12-17(25-24-14)19(29)27-9-7-26(8-10-27)18(28)15-5-3-4-6-16(15)20(21,22)23/h3-6,13-14,17,24-25H,7-12H2,1-2H3. The van der Waals surface area contributed by atoms with Gasteiger partial charge in [-0.3, -0.25) is 15.0 Å². The van der Waals surface area contributed by atoms with E-state index < -0.39 is 17.6 Å². The Bertz CT molecular complexity index is 745. The van der Waals surface area contributed by atoms with Crippen LogP contribution in [0.25, 0.3) is 0 Å². The molecular formula is C20H27F3N4O2. The summed E-state index contributed by atoms with van der Waals surface area (Å²) < 4.78 is 39.6. The maximum absolute atomic E-state index is 13.2. The largest absolute Gasteiger partial charge is 0.417 e. The van der Waals surface area contributed by atoms with Gasteiger partial charge in [0.1, 0.15) is 6.04 Å². The number of amides is 2. The predicted octanol–water partition coefficient (Wildman–Crippen LogP) is 2.27. The van der Waals surface area contributed by atoms with E-state index >= 15 is 0 Å². The van der Waals surface area contributed by atoms with Crippen LogP contribution in [0.15, 0.2) is 24.3 Å². The number of nitrogens with one attached hydrogen (secondary N) is 2. The fourth-order valence-corrected chi connectivity index (χ4v) is 3.95. The van der Waals surface area contributed by atoms with Crippen LogP contribution in [-0.4, -0.2) is 59.9 Å². The average molecular weight is 412 g/mol. The van der Waals surface area contributed by atoms with Crippen molar-refractivity contribution in [3.8, 4) is 0 Å². The third-order valence-corrected chi connectivity index (χ3v) is 5.38. The minimum Gasteiger partial charge on any atom is -0.338 e. The molecular weight excluding hydrogens is 385 g/mol. The first-order chi connectivity index (χ1) is 13.7. The Balaban J connectivity index is 1.57. The summed E-state index contributed by atoms with van der Waals surface area (Å²) in [5.74, 6) is -0.161. The number of hydrogen-bond donors (Lipinski definition) is 2. The van der Waals surface area contributed by atoms with Crippen molar-refractivity contribution in [1.82, 2.24) is 20.7 Å². The third-order valence-electron chi connectivity index (χ3n) is 5.38. The first-order valence-corrected chi connectivity index (χ1v) is 9.92. The van der Waals surface area contributed by atoms with Gasteiger partial charge in [0.05, 0.1) is 11.1 Å². The van der Waals surface area contributed by atoms with Gasteiger partial charge in [0, 0.05) is 32.2 Å². The number of hydrogen-bond acceptors (Lipinski definition) is 4. The smallest absolute Gasteiger partial charge is 0.338 e. The van der Waals surface area contributed by atoms with Gasteiger partial charge in [-0.25, -0.2) is 5.43 Å². The molecule has 2 unspecified atom stereocenters. The van der Waals surface area contributed by atoms with E-state index in [9.17, 15) is 22.8 Å². The lowest BCUT2D eigenvalue weighted by molar-refractivity contribution is -0.138. The maximum Gasteiger partial charge on any atom is 0.417 e. The zero-order valence-electron chi connectivity index (χ0n) is 16.6. The molecule has 2 aliphatic rings. The van der Waals surface area contributed by atoms with Crippen LogP contribution in [0.1, 0.15) is 42.6 Å². The highest BCUT2D eigenvalue weighted by atomic mass is 19.4. The van der Waals surface area contributed by atoms with Crippen molar-refractivity contribution < 1.29 is 22.8 Å². The molecule has 2 atom stereocenters. The molecule has 0 aromatic heterocycles. The molecule has 29 heavy (non-hydrogen) atoms. The molecule has 0 radical (unpaired) electrons. The number of benzene rings is 1. The van der Waals surface area contributed by atoms with Gasteiger partial charge >= 0.3 is 6.18 Å². The number of nitrogens with zero attached hydrogens (tertiary/aromatic N) is 2. The van der Waals surface area contributed by atoms with E-state index in [1.807, 2.05) is 0 Å². The molecule has 160 valence electrons. The molecule has 1 aromatic carbocycles. The second-order valence-electron chi connectivity index (χ2n) is 8.06. The number of carbonyl (C=O) groups is 2. The Morgan fingerprint density at radius 1 is 1.07 bits per heavy atom. The van der Waals surface area contributed by atoms with Crippen LogP contribution in [0.4, 0.5) is 13.2 Å². The van der Waals surface area contributed by atoms with Crippen LogP contribution in [0.3, 0.4) is 0 Å². The molecule has 0 spiro atoms. The Morgan fingerprint density at radius 2 is 1.69 bits per heavy atom. The van der Waals surface area contributed by atoms with Crippen LogP contribution >= 0.6 is 0 Å². The molecule has 2 saturated heterocycles. The monoisotopic (exact) mass is 412 g/mol. The maximum atomic E-state index is 13.2. The van der Waals surface area contributed by atoms with Gasteiger partial charge in [0.25, 0.3) is 5.91 Å². The summed E-state index contributed by atoms with van der Waals surface area (Å²) in [6.07, 6.45) is -2.91. The fraction of sp³-hybridized carbons (Fsp3) is 0.600. The van der Waals surface area contributed by atoms with Crippen LogP contribution in [0.5, 0.6) is 0 Å². The number of piperazine rings is 1. The lowest BCUT2D eigenvalue weighted by Crippen LogP contribution is -2.54. The van der Waals surface area contributed by atoms with Crippen molar-refractivity contribution in [2.45, 2.75) is 44.9 Å². The highest BCUT2D eigenvalue weighted by Crippen LogP contribution is 2.32. The molecule has 2 N–H and O–H groups in total. The number of rotatable bonds is 4. The first kappa shape index (κ1) is 21.6. The van der Waals surface area contributed by atoms with Crippen molar-refractivity contribution in [3.63, 3.8) is 0 Å². The normalized spacial score (nSPS) is 23.0. The van der Waals surface area contributed by atoms with Crippen LogP contribution in [0.2, 0.25) is 0 Å². The van der Waals surface area contributed by atoms with Gasteiger partial charge < -0.3 is 9.80 Å². The van der Waals surface area contributed by atoms with Gasteiger partial charge in [0.15, 0.2) is 0 Å². The van der Waals surface area contributed by atoms with Gasteiger partial charge in [-0.2, -0.15) is 13.2 Å². The van der Waals surface area contributed by atoms with Crippen molar-refractivity contribution >= 4 is 11.8 Å². The summed E-state index contributed by atoms with van der Waals surface area (Å²) in [5, 5.41) is 0. The van der Waals surface area contributed by atoms with E-state index in [0.29, 0.717) is 25.4 Å². The summed E-state index contributed by atoms with van der Waals surface area (Å²) in [6, 6.07) is 4.74. The molecule has 0 bridgehead atoms. The van der Waals surface area contributed by atoms with E-state index in [2.05, 4.69) is 24.7 Å². The van der Waals surface area contributed by atoms with Crippen molar-refractivity contribution in [3.05, 3.63) is 35.4 Å². The lowest BCUT2D eigenvalue weighted by atomic mass is 9.99. The van der Waals surface area contributed by atoms with Gasteiger partial charge in [-0.05, 0) is 30.9 Å². The van der Waals surface area contributed by atoms with Crippen molar-refractivity contribution in [1.29, 1.82) is 0 Å². The Morgan fingerprint density at radius 3 is 2.31 bits per heavy atom. The van der Waals surface area contributed by atoms with E-state index in [1.54, 1.807) is 4.90 Å². The molecule has 9 heteroatoms. The van der Waals surface area contributed by atoms with Crippen molar-refractivity contribution in [2.75, 3.05) is 26.2 Å². The highest BCUT2D eigenvalue weighted by molar-refractivity contribution is 5.96. The molecule has 0 aliphatic carbocycles. The van der Waals surface area contributed by atoms with Gasteiger partial charge in [-0.15, -0.1) is 0 Å². The zero-order valence-corrected chi connectivity index (χ0v) is 16.6. The number of halogens is 3. The predicted molar refractivity (Wildman–Crippen MR) is 102 cm³/mol. The second kappa shape index (κ2) is 8.71. The Kier molecular flexibility index (Phi) is 6.48. The molecule has 2 aliphatic heterocycles. The highest BCUT2D eigenvalue weighted by Gasteiger charge is 2.37. The third kappa shape index (κ3) is 5.08. The van der Waals surface area contributed by atoms with Crippen LogP contribution < -0.4 is 10.9 Å². The zero-order chi connectivity index (χ0) is 21.2. The van der Waals surface area contributed by atoms with Crippen LogP contribution in [-0.2, 0) is 11.0 Å². The lowest BCUT2D eigenvalue weighted by Gasteiger charge is -2.36. The minimum atomic E-state index is -4.59. The molecule has 2 heterocycles. The number of alkyl halides is 3. The SMILES string of the molecule is CC(C)CC1CC(C(=O)N2CCN(C(=O)c3ccccc3C(F)(F)F)CC2)NN1. The molecule has 1 aromatic rings. The van der Waals surface area contributed by atoms with E-state index in [1.165, 1.54) is 23.1 Å². The summed E-state index contributed by atoms with van der Waals surface area (Å²) in [4.78, 5) is 28.4. The fourth-order valence-electron chi connectivity index (χ4n) is 3.95. The van der Waals surface area contributed by atoms with Gasteiger partial charge in [-0.1, -0.05) is 26.0 Å². The number of carbonyl (C=O) groups excluding carboxylic acids is 2. The molecule has 6 nitrogen and oxygen atoms in total. The summed E-state index contributed by atoms with van der Waals surface area (Å²) in [5.41, 5.74) is 4.93. The average Bonchev–Trinajstić information content (AvgIpc) is 3.14. The van der Waals surface area contributed by atoms with E-state index in [0.717, 1.165) is 12.5 Å². The summed E-state index contributed by atoms with van der Waals surface area (Å²) in [7, 11) is 0. The number of hydrazine groups is 1. The topological polar surface area (TPSA) is 64.7 Å². The molecule has 0 saturated carbocycles. The van der Waals surface area contributed by atoms with E-state index in [4.69, 9.17) is 0 Å². The molecule has 2 amide bonds. The van der Waals surface area contributed by atoms with E-state index in [-0.39, 0.29) is 36.6 Å². The van der Waals surface area contributed by atoms with Crippen LogP contribution in [0, 0.1) is 5.92 Å². The van der Waals surface area contributed by atoms with Crippen molar-refractivity contribution in [2.24, 2.45) is 5.92 Å².